The number of benzene rings is 4. The fourth-order valence-electron chi connectivity index (χ4n) is 10.8. The highest BCUT2D eigenvalue weighted by atomic mass is 16.8. The first-order chi connectivity index (χ1) is 31.9. The Labute approximate surface area is 381 Å². The molecule has 2 aliphatic carbocycles. The lowest BCUT2D eigenvalue weighted by molar-refractivity contribution is -0.254. The van der Waals surface area contributed by atoms with Crippen LogP contribution >= 0.6 is 0 Å². The van der Waals surface area contributed by atoms with E-state index in [4.69, 9.17) is 38.4 Å². The highest BCUT2D eigenvalue weighted by Crippen LogP contribution is 2.62. The number of ether oxygens (including phenoxy) is 6. The summed E-state index contributed by atoms with van der Waals surface area (Å²) in [5.41, 5.74) is 3.15. The van der Waals surface area contributed by atoms with Crippen molar-refractivity contribution in [2.75, 3.05) is 39.8 Å². The van der Waals surface area contributed by atoms with Crippen molar-refractivity contribution in [3.63, 3.8) is 0 Å². The van der Waals surface area contributed by atoms with Crippen LogP contribution in [0.15, 0.2) is 108 Å². The Morgan fingerprint density at radius 3 is 2.49 bits per heavy atom. The average molecular weight is 887 g/mol. The second kappa shape index (κ2) is 20.4. The van der Waals surface area contributed by atoms with Crippen molar-refractivity contribution in [2.45, 2.75) is 102 Å². The van der Waals surface area contributed by atoms with E-state index in [2.05, 4.69) is 49.9 Å². The van der Waals surface area contributed by atoms with Crippen molar-refractivity contribution >= 4 is 22.4 Å². The van der Waals surface area contributed by atoms with Gasteiger partial charge in [0.25, 0.3) is 5.91 Å². The lowest BCUT2D eigenvalue weighted by Crippen LogP contribution is -2.70. The number of carbonyl (C=O) groups excluding carboxylic acids is 1. The molecule has 7 atom stereocenters. The maximum Gasteiger partial charge on any atom is 0.254 e. The number of rotatable bonds is 19. The van der Waals surface area contributed by atoms with Gasteiger partial charge in [-0.05, 0) is 122 Å². The second-order valence-corrected chi connectivity index (χ2v) is 17.9. The molecule has 4 aromatic rings. The topological polar surface area (TPSA) is 138 Å². The van der Waals surface area contributed by atoms with Crippen LogP contribution in [0.25, 0.3) is 10.8 Å². The Balaban J connectivity index is 1.22. The maximum atomic E-state index is 15.2. The summed E-state index contributed by atoms with van der Waals surface area (Å²) in [7, 11) is 0. The number of hydrogen-bond acceptors (Lipinski definition) is 11. The summed E-state index contributed by atoms with van der Waals surface area (Å²) in [6.45, 7) is 7.64. The van der Waals surface area contributed by atoms with E-state index < -0.39 is 24.0 Å². The van der Waals surface area contributed by atoms with Crippen molar-refractivity contribution in [3.8, 4) is 28.7 Å². The molecule has 3 aliphatic heterocycles. The summed E-state index contributed by atoms with van der Waals surface area (Å²) in [6, 6.07) is 25.0. The lowest BCUT2D eigenvalue weighted by Gasteiger charge is -2.60. The number of fused-ring (bicyclic) bond motifs is 4. The van der Waals surface area contributed by atoms with E-state index in [9.17, 15) is 10.2 Å². The van der Waals surface area contributed by atoms with E-state index in [-0.39, 0.29) is 56.7 Å². The predicted molar refractivity (Wildman–Crippen MR) is 248 cm³/mol. The van der Waals surface area contributed by atoms with Gasteiger partial charge in [-0.2, -0.15) is 0 Å². The van der Waals surface area contributed by atoms with Gasteiger partial charge in [-0.3, -0.25) is 4.79 Å². The van der Waals surface area contributed by atoms with Crippen LogP contribution < -0.4 is 18.9 Å². The van der Waals surface area contributed by atoms with Gasteiger partial charge >= 0.3 is 0 Å². The van der Waals surface area contributed by atoms with Crippen LogP contribution in [0, 0.1) is 17.8 Å². The standard InChI is InChI=1S/C53H62N2O10/c1-3-24-55(52(58)38-19-22-46-47(31-38)61-34-60-46)48-33-44(54-65-49-17-9-12-28-59-49)42-30-37(15-7-10-25-56)41(16-8-11-26-57)50-43-32-40(63-39-20-18-35-13-5-6-14-36(35)29-39)21-23-45(43)64-53(48,51(42)50)62-27-4-2/h4-6,13-14,18-23,29-32,37,41,48-51,56-57H,2-3,7-12,15-17,24-28,33-34H2,1H3/t37-,41+,48-,49?,50+,51+,53+/m0/s1. The third-order valence-electron chi connectivity index (χ3n) is 13.7. The zero-order valence-corrected chi connectivity index (χ0v) is 37.4. The molecule has 9 rings (SSSR count). The summed E-state index contributed by atoms with van der Waals surface area (Å²) >= 11 is 0. The number of amides is 1. The SMILES string of the molecule is C=CCO[C@@]12Oc3ccc(Oc4ccc5ccccc5c4)cc3[C@H]3[C@H](CCCCO)[C@@H](CCCCO)C=C(C(=NOC4CCCCO4)C[C@@H]1N(CCC)C(=O)c1ccc4c(c1)OCO4)[C@H]32. The Hall–Kier alpha value is -5.40. The molecule has 2 N–H and O–H groups in total. The molecule has 2 fully saturated rings. The minimum Gasteiger partial charge on any atom is -0.459 e. The molecule has 0 bridgehead atoms. The summed E-state index contributed by atoms with van der Waals surface area (Å²) in [5, 5.41) is 27.3. The number of aliphatic hydroxyl groups excluding tert-OH is 2. The average Bonchev–Trinajstić information content (AvgIpc) is 3.82. The molecule has 5 aliphatic rings. The Kier molecular flexibility index (Phi) is 14.1. The number of oxime groups is 1. The monoisotopic (exact) mass is 886 g/mol. The van der Waals surface area contributed by atoms with E-state index in [1.807, 2.05) is 35.2 Å². The minimum absolute atomic E-state index is 0.0612. The van der Waals surface area contributed by atoms with Gasteiger partial charge in [0, 0.05) is 49.6 Å². The van der Waals surface area contributed by atoms with Crippen LogP contribution in [0.2, 0.25) is 0 Å². The molecule has 4 aromatic carbocycles. The van der Waals surface area contributed by atoms with Crippen LogP contribution in [-0.4, -0.2) is 84.6 Å². The quantitative estimate of drug-likeness (QED) is 0.0532. The third kappa shape index (κ3) is 9.23. The van der Waals surface area contributed by atoms with E-state index in [1.54, 1.807) is 24.3 Å². The van der Waals surface area contributed by atoms with Crippen LogP contribution in [0.3, 0.4) is 0 Å². The first kappa shape index (κ1) is 44.8. The molecule has 1 saturated carbocycles. The number of unbranched alkanes of at least 4 members (excludes halogenated alkanes) is 2. The molecule has 0 aromatic heterocycles. The normalized spacial score (nSPS) is 25.8. The van der Waals surface area contributed by atoms with Gasteiger partial charge < -0.3 is 48.4 Å². The number of carbonyl (C=O) groups is 1. The largest absolute Gasteiger partial charge is 0.459 e. The molecule has 12 heteroatoms. The van der Waals surface area contributed by atoms with Crippen LogP contribution in [0.4, 0.5) is 0 Å². The molecule has 1 unspecified atom stereocenters. The van der Waals surface area contributed by atoms with Crippen molar-refractivity contribution in [1.29, 1.82) is 0 Å². The van der Waals surface area contributed by atoms with Crippen LogP contribution in [-0.2, 0) is 14.3 Å². The van der Waals surface area contributed by atoms with Gasteiger partial charge in [0.2, 0.25) is 18.9 Å². The second-order valence-electron chi connectivity index (χ2n) is 17.9. The molecule has 65 heavy (non-hydrogen) atoms. The highest BCUT2D eigenvalue weighted by molar-refractivity contribution is 6.03. The fraction of sp³-hybridized carbons (Fsp3) is 0.472. The van der Waals surface area contributed by atoms with Gasteiger partial charge in [0.15, 0.2) is 11.5 Å². The molecule has 0 radical (unpaired) electrons. The maximum absolute atomic E-state index is 15.2. The number of nitrogens with zero attached hydrogens (tertiary/aromatic N) is 2. The first-order valence-electron chi connectivity index (χ1n) is 23.7. The summed E-state index contributed by atoms with van der Waals surface area (Å²) in [6.07, 6.45) is 11.9. The summed E-state index contributed by atoms with van der Waals surface area (Å²) < 4.78 is 38.7. The van der Waals surface area contributed by atoms with Gasteiger partial charge in [-0.1, -0.05) is 67.4 Å². The van der Waals surface area contributed by atoms with Crippen LogP contribution in [0.1, 0.15) is 99.4 Å². The van der Waals surface area contributed by atoms with Gasteiger partial charge in [0.05, 0.1) is 24.8 Å². The van der Waals surface area contributed by atoms with Crippen molar-refractivity contribution < 1.29 is 48.3 Å². The summed E-state index contributed by atoms with van der Waals surface area (Å²) in [5.74, 6) is 1.07. The van der Waals surface area contributed by atoms with E-state index in [0.717, 1.165) is 78.3 Å². The molecular formula is C53H62N2O10. The zero-order valence-electron chi connectivity index (χ0n) is 37.4. The Morgan fingerprint density at radius 2 is 1.69 bits per heavy atom. The van der Waals surface area contributed by atoms with E-state index in [0.29, 0.717) is 61.0 Å². The Morgan fingerprint density at radius 1 is 0.908 bits per heavy atom. The smallest absolute Gasteiger partial charge is 0.254 e. The van der Waals surface area contributed by atoms with Crippen molar-refractivity contribution in [2.24, 2.45) is 22.9 Å². The predicted octanol–water partition coefficient (Wildman–Crippen LogP) is 10.1. The molecule has 1 amide bonds. The van der Waals surface area contributed by atoms with E-state index >= 15 is 4.79 Å². The van der Waals surface area contributed by atoms with Gasteiger partial charge in [-0.15, -0.1) is 6.58 Å². The number of hydrogen-bond donors (Lipinski definition) is 2. The fourth-order valence-corrected chi connectivity index (χ4v) is 10.8. The number of aliphatic hydroxyl groups is 2. The highest BCUT2D eigenvalue weighted by Gasteiger charge is 2.65. The Bertz CT molecular complexity index is 2380. The molecule has 344 valence electrons. The van der Waals surface area contributed by atoms with E-state index in [1.165, 1.54) is 0 Å². The van der Waals surface area contributed by atoms with Crippen LogP contribution in [0.5, 0.6) is 28.7 Å². The molecular weight excluding hydrogens is 825 g/mol. The molecule has 3 heterocycles. The van der Waals surface area contributed by atoms with Crippen molar-refractivity contribution in [1.82, 2.24) is 4.90 Å². The minimum atomic E-state index is -1.40. The van der Waals surface area contributed by atoms with Crippen molar-refractivity contribution in [3.05, 3.63) is 114 Å². The first-order valence-corrected chi connectivity index (χ1v) is 23.7. The molecule has 1 saturated heterocycles. The molecule has 0 spiro atoms. The van der Waals surface area contributed by atoms with Gasteiger partial charge in [0.1, 0.15) is 23.3 Å². The number of allylic oxidation sites excluding steroid dienone is 1. The van der Waals surface area contributed by atoms with Gasteiger partial charge in [-0.25, -0.2) is 0 Å². The summed E-state index contributed by atoms with van der Waals surface area (Å²) in [4.78, 5) is 23.4. The zero-order chi connectivity index (χ0) is 44.8. The lowest BCUT2D eigenvalue weighted by atomic mass is 9.55. The molecule has 12 nitrogen and oxygen atoms in total. The third-order valence-corrected chi connectivity index (χ3v) is 13.7.